The Morgan fingerprint density at radius 2 is 1.67 bits per heavy atom. The van der Waals surface area contributed by atoms with E-state index in [4.69, 9.17) is 0 Å². The summed E-state index contributed by atoms with van der Waals surface area (Å²) >= 11 is 0. The maximum Gasteiger partial charge on any atom is 0.263 e. The molecule has 0 aliphatic carbocycles. The summed E-state index contributed by atoms with van der Waals surface area (Å²) in [6, 6.07) is 11.6. The summed E-state index contributed by atoms with van der Waals surface area (Å²) in [7, 11) is 1.83. The van der Waals surface area contributed by atoms with Crippen molar-refractivity contribution in [2.45, 2.75) is 13.0 Å². The molecule has 110 valence electrons. The van der Waals surface area contributed by atoms with Gasteiger partial charge in [0.05, 0.1) is 0 Å². The number of carbonyl (C=O) groups excluding carboxylic acids is 1. The fraction of sp³-hybridized carbons (Fsp3) is 0.188. The van der Waals surface area contributed by atoms with Crippen molar-refractivity contribution in [1.29, 1.82) is 0 Å². The summed E-state index contributed by atoms with van der Waals surface area (Å²) in [5, 5.41) is 25.3. The zero-order valence-electron chi connectivity index (χ0n) is 11.9. The van der Waals surface area contributed by atoms with E-state index in [-0.39, 0.29) is 23.1 Å². The van der Waals surface area contributed by atoms with E-state index in [0.717, 1.165) is 5.56 Å². The average molecular weight is 286 g/mol. The van der Waals surface area contributed by atoms with Crippen molar-refractivity contribution in [3.63, 3.8) is 0 Å². The number of hydrogen-bond donors (Lipinski definition) is 4. The Balaban J connectivity index is 2.33. The van der Waals surface area contributed by atoms with Crippen LogP contribution < -0.4 is 10.6 Å². The minimum absolute atomic E-state index is 0.0551. The number of aromatic hydroxyl groups is 2. The predicted molar refractivity (Wildman–Crippen MR) is 81.6 cm³/mol. The lowest BCUT2D eigenvalue weighted by Crippen LogP contribution is -2.18. The Labute approximate surface area is 123 Å². The molecular weight excluding hydrogens is 268 g/mol. The molecule has 2 aromatic rings. The summed E-state index contributed by atoms with van der Waals surface area (Å²) in [6.07, 6.45) is 0. The summed E-state index contributed by atoms with van der Waals surface area (Å²) in [6.45, 7) is 1.97. The van der Waals surface area contributed by atoms with Crippen LogP contribution in [0.1, 0.15) is 28.9 Å². The van der Waals surface area contributed by atoms with Crippen molar-refractivity contribution >= 4 is 11.6 Å². The summed E-state index contributed by atoms with van der Waals surface area (Å²) < 4.78 is 0. The van der Waals surface area contributed by atoms with E-state index in [1.807, 2.05) is 32.2 Å². The Morgan fingerprint density at radius 3 is 2.29 bits per heavy atom. The topological polar surface area (TPSA) is 81.6 Å². The van der Waals surface area contributed by atoms with Gasteiger partial charge in [-0.05, 0) is 37.7 Å². The highest BCUT2D eigenvalue weighted by Crippen LogP contribution is 2.28. The molecule has 0 radical (unpaired) electrons. The number of hydrogen-bond acceptors (Lipinski definition) is 4. The maximum absolute atomic E-state index is 12.3. The monoisotopic (exact) mass is 286 g/mol. The molecule has 1 unspecified atom stereocenters. The molecule has 1 amide bonds. The van der Waals surface area contributed by atoms with Crippen LogP contribution in [0.5, 0.6) is 11.5 Å². The number of carbonyl (C=O) groups is 1. The molecular formula is C16H18N2O3. The van der Waals surface area contributed by atoms with Crippen molar-refractivity contribution in [2.75, 3.05) is 12.4 Å². The van der Waals surface area contributed by atoms with Crippen LogP contribution in [-0.4, -0.2) is 23.2 Å². The van der Waals surface area contributed by atoms with Crippen LogP contribution in [-0.2, 0) is 0 Å². The molecule has 2 aromatic carbocycles. The molecule has 5 nitrogen and oxygen atoms in total. The third-order valence-electron chi connectivity index (χ3n) is 3.36. The molecule has 4 N–H and O–H groups in total. The number of benzene rings is 2. The van der Waals surface area contributed by atoms with Crippen molar-refractivity contribution in [2.24, 2.45) is 0 Å². The highest BCUT2D eigenvalue weighted by atomic mass is 16.3. The zero-order chi connectivity index (χ0) is 15.4. The molecule has 0 aromatic heterocycles. The molecule has 5 heteroatoms. The average Bonchev–Trinajstić information content (AvgIpc) is 2.47. The second-order valence-electron chi connectivity index (χ2n) is 4.72. The lowest BCUT2D eigenvalue weighted by atomic mass is 10.1. The fourth-order valence-corrected chi connectivity index (χ4v) is 2.09. The van der Waals surface area contributed by atoms with E-state index in [9.17, 15) is 15.0 Å². The van der Waals surface area contributed by atoms with Gasteiger partial charge in [-0.3, -0.25) is 4.79 Å². The van der Waals surface area contributed by atoms with Gasteiger partial charge in [-0.15, -0.1) is 0 Å². The third kappa shape index (κ3) is 3.14. The molecule has 2 rings (SSSR count). The molecule has 0 spiro atoms. The molecule has 0 bridgehead atoms. The van der Waals surface area contributed by atoms with Gasteiger partial charge in [-0.2, -0.15) is 0 Å². The summed E-state index contributed by atoms with van der Waals surface area (Å²) in [4.78, 5) is 12.3. The van der Waals surface area contributed by atoms with Crippen LogP contribution in [0.15, 0.2) is 42.5 Å². The fourth-order valence-electron chi connectivity index (χ4n) is 2.09. The number of rotatable bonds is 4. The van der Waals surface area contributed by atoms with Crippen LogP contribution in [0.4, 0.5) is 5.69 Å². The van der Waals surface area contributed by atoms with Crippen molar-refractivity contribution < 1.29 is 15.0 Å². The molecule has 0 saturated heterocycles. The van der Waals surface area contributed by atoms with Crippen LogP contribution in [0.3, 0.4) is 0 Å². The van der Waals surface area contributed by atoms with Gasteiger partial charge in [0.1, 0.15) is 17.1 Å². The first-order valence-electron chi connectivity index (χ1n) is 6.63. The minimum atomic E-state index is -0.554. The first-order chi connectivity index (χ1) is 10.0. The standard InChI is InChI=1S/C16H18N2O3/c1-10(17-2)11-6-3-4-7-12(11)18-16(21)15-13(19)8-5-9-14(15)20/h3-10,17,19-20H,1-2H3,(H,18,21). The maximum atomic E-state index is 12.3. The van der Waals surface area contributed by atoms with Gasteiger partial charge >= 0.3 is 0 Å². The van der Waals surface area contributed by atoms with Gasteiger partial charge in [0, 0.05) is 11.7 Å². The number of anilines is 1. The summed E-state index contributed by atoms with van der Waals surface area (Å²) in [5.74, 6) is -1.07. The predicted octanol–water partition coefficient (Wildman–Crippen LogP) is 2.63. The molecule has 0 fully saturated rings. The lowest BCUT2D eigenvalue weighted by Gasteiger charge is -2.17. The Bertz CT molecular complexity index is 635. The van der Waals surface area contributed by atoms with Gasteiger partial charge in [0.25, 0.3) is 5.91 Å². The molecule has 0 heterocycles. The zero-order valence-corrected chi connectivity index (χ0v) is 11.9. The highest BCUT2D eigenvalue weighted by Gasteiger charge is 2.18. The van der Waals surface area contributed by atoms with E-state index in [1.165, 1.54) is 18.2 Å². The van der Waals surface area contributed by atoms with Crippen molar-refractivity contribution in [3.8, 4) is 11.5 Å². The molecule has 0 aliphatic rings. The van der Waals surface area contributed by atoms with E-state index >= 15 is 0 Å². The number of amides is 1. The van der Waals surface area contributed by atoms with Gasteiger partial charge in [-0.1, -0.05) is 24.3 Å². The van der Waals surface area contributed by atoms with Crippen LogP contribution in [0.2, 0.25) is 0 Å². The largest absolute Gasteiger partial charge is 0.507 e. The second kappa shape index (κ2) is 6.28. The van der Waals surface area contributed by atoms with Crippen molar-refractivity contribution in [3.05, 3.63) is 53.6 Å². The number of phenolic OH excluding ortho intramolecular Hbond substituents is 2. The van der Waals surface area contributed by atoms with E-state index in [1.54, 1.807) is 6.07 Å². The SMILES string of the molecule is CNC(C)c1ccccc1NC(=O)c1c(O)cccc1O. The Hall–Kier alpha value is -2.53. The van der Waals surface area contributed by atoms with Crippen molar-refractivity contribution in [1.82, 2.24) is 5.32 Å². The number of nitrogens with one attached hydrogen (secondary N) is 2. The van der Waals surface area contributed by atoms with Gasteiger partial charge < -0.3 is 20.8 Å². The molecule has 1 atom stereocenters. The van der Waals surface area contributed by atoms with Crippen LogP contribution >= 0.6 is 0 Å². The van der Waals surface area contributed by atoms with E-state index in [0.29, 0.717) is 5.69 Å². The molecule has 0 saturated carbocycles. The minimum Gasteiger partial charge on any atom is -0.507 e. The summed E-state index contributed by atoms with van der Waals surface area (Å²) in [5.41, 5.74) is 1.42. The first kappa shape index (κ1) is 14.9. The number of para-hydroxylation sites is 1. The van der Waals surface area contributed by atoms with Gasteiger partial charge in [0.2, 0.25) is 0 Å². The molecule has 0 aliphatic heterocycles. The smallest absolute Gasteiger partial charge is 0.263 e. The highest BCUT2D eigenvalue weighted by molar-refractivity contribution is 6.08. The quantitative estimate of drug-likeness (QED) is 0.696. The Kier molecular flexibility index (Phi) is 4.45. The first-order valence-corrected chi connectivity index (χ1v) is 6.63. The van der Waals surface area contributed by atoms with E-state index in [2.05, 4.69) is 10.6 Å². The lowest BCUT2D eigenvalue weighted by molar-refractivity contribution is 0.102. The normalized spacial score (nSPS) is 11.9. The number of phenols is 2. The van der Waals surface area contributed by atoms with E-state index < -0.39 is 5.91 Å². The second-order valence-corrected chi connectivity index (χ2v) is 4.72. The van der Waals surface area contributed by atoms with Crippen LogP contribution in [0, 0.1) is 0 Å². The van der Waals surface area contributed by atoms with Crippen LogP contribution in [0.25, 0.3) is 0 Å². The van der Waals surface area contributed by atoms with Gasteiger partial charge in [-0.25, -0.2) is 0 Å². The van der Waals surface area contributed by atoms with Gasteiger partial charge in [0.15, 0.2) is 0 Å². The molecule has 21 heavy (non-hydrogen) atoms. The third-order valence-corrected chi connectivity index (χ3v) is 3.36. The Morgan fingerprint density at radius 1 is 1.05 bits per heavy atom.